The molecule has 2 aromatic rings. The molecule has 0 aliphatic carbocycles. The minimum atomic E-state index is -4.33. The number of halogens is 3. The molecule has 2 heterocycles. The van der Waals surface area contributed by atoms with Crippen molar-refractivity contribution < 1.29 is 17.7 Å². The van der Waals surface area contributed by atoms with Crippen LogP contribution in [-0.2, 0) is 12.6 Å². The van der Waals surface area contributed by atoms with Crippen LogP contribution in [-0.4, -0.2) is 17.7 Å². The maximum atomic E-state index is 12.8. The van der Waals surface area contributed by atoms with E-state index in [1.165, 1.54) is 18.2 Å². The third-order valence-corrected chi connectivity index (χ3v) is 4.18. The SMILES string of the molecule is O=c1cc([C@H]2CCN[C@@H](Cc3cccc(C(F)(F)F)c3)C2)o[nH]1. The van der Waals surface area contributed by atoms with Crippen molar-refractivity contribution in [1.82, 2.24) is 10.5 Å². The van der Waals surface area contributed by atoms with Crippen LogP contribution in [0.15, 0.2) is 39.6 Å². The van der Waals surface area contributed by atoms with E-state index < -0.39 is 11.7 Å². The van der Waals surface area contributed by atoms with Crippen molar-refractivity contribution in [2.45, 2.75) is 37.4 Å². The summed E-state index contributed by atoms with van der Waals surface area (Å²) in [6.07, 6.45) is -2.26. The minimum absolute atomic E-state index is 0.0532. The van der Waals surface area contributed by atoms with Crippen molar-refractivity contribution >= 4 is 0 Å². The topological polar surface area (TPSA) is 58.0 Å². The van der Waals surface area contributed by atoms with Gasteiger partial charge in [0.05, 0.1) is 5.56 Å². The number of aromatic amines is 1. The van der Waals surface area contributed by atoms with Gasteiger partial charge in [-0.25, -0.2) is 0 Å². The Balaban J connectivity index is 1.69. The molecule has 1 fully saturated rings. The van der Waals surface area contributed by atoms with E-state index in [-0.39, 0.29) is 17.5 Å². The molecule has 3 rings (SSSR count). The molecule has 7 heteroatoms. The monoisotopic (exact) mass is 326 g/mol. The van der Waals surface area contributed by atoms with Crippen LogP contribution in [0.4, 0.5) is 13.2 Å². The number of hydrogen-bond acceptors (Lipinski definition) is 3. The molecule has 0 spiro atoms. The Morgan fingerprint density at radius 1 is 1.26 bits per heavy atom. The molecule has 124 valence electrons. The first-order valence-electron chi connectivity index (χ1n) is 7.50. The maximum Gasteiger partial charge on any atom is 0.416 e. The first kappa shape index (κ1) is 15.9. The largest absolute Gasteiger partial charge is 0.416 e. The summed E-state index contributed by atoms with van der Waals surface area (Å²) < 4.78 is 43.5. The lowest BCUT2D eigenvalue weighted by Gasteiger charge is -2.29. The van der Waals surface area contributed by atoms with E-state index in [0.29, 0.717) is 17.7 Å². The molecular weight excluding hydrogens is 309 g/mol. The summed E-state index contributed by atoms with van der Waals surface area (Å²) in [6.45, 7) is 0.739. The van der Waals surface area contributed by atoms with E-state index in [2.05, 4.69) is 10.5 Å². The Hall–Kier alpha value is -2.02. The summed E-state index contributed by atoms with van der Waals surface area (Å²) in [5, 5.41) is 5.60. The number of nitrogens with one attached hydrogen (secondary N) is 2. The van der Waals surface area contributed by atoms with Crippen LogP contribution < -0.4 is 10.9 Å². The normalized spacial score (nSPS) is 22.2. The number of H-pyrrole nitrogens is 1. The van der Waals surface area contributed by atoms with Gasteiger partial charge < -0.3 is 9.84 Å². The molecule has 0 radical (unpaired) electrons. The zero-order valence-corrected chi connectivity index (χ0v) is 12.3. The predicted molar refractivity (Wildman–Crippen MR) is 78.2 cm³/mol. The zero-order chi connectivity index (χ0) is 16.4. The zero-order valence-electron chi connectivity index (χ0n) is 12.3. The second kappa shape index (κ2) is 6.23. The molecule has 1 aliphatic rings. The van der Waals surface area contributed by atoms with Crippen LogP contribution in [0.25, 0.3) is 0 Å². The van der Waals surface area contributed by atoms with Gasteiger partial charge >= 0.3 is 6.18 Å². The van der Waals surface area contributed by atoms with Gasteiger partial charge in [-0.1, -0.05) is 18.2 Å². The Morgan fingerprint density at radius 2 is 2.09 bits per heavy atom. The smallest absolute Gasteiger partial charge is 0.383 e. The number of rotatable bonds is 3. The fourth-order valence-corrected chi connectivity index (χ4v) is 3.08. The lowest BCUT2D eigenvalue weighted by molar-refractivity contribution is -0.137. The van der Waals surface area contributed by atoms with E-state index in [4.69, 9.17) is 4.52 Å². The third-order valence-electron chi connectivity index (χ3n) is 4.18. The molecule has 1 aromatic carbocycles. The van der Waals surface area contributed by atoms with Crippen molar-refractivity contribution in [3.05, 3.63) is 57.6 Å². The number of aromatic nitrogens is 1. The van der Waals surface area contributed by atoms with Crippen LogP contribution >= 0.6 is 0 Å². The van der Waals surface area contributed by atoms with Crippen molar-refractivity contribution in [2.24, 2.45) is 0 Å². The molecule has 0 saturated carbocycles. The fraction of sp³-hybridized carbons (Fsp3) is 0.438. The first-order valence-corrected chi connectivity index (χ1v) is 7.50. The van der Waals surface area contributed by atoms with Crippen LogP contribution in [0.5, 0.6) is 0 Å². The summed E-state index contributed by atoms with van der Waals surface area (Å²) in [4.78, 5) is 11.2. The average molecular weight is 326 g/mol. The molecule has 4 nitrogen and oxygen atoms in total. The van der Waals surface area contributed by atoms with Crippen molar-refractivity contribution in [3.63, 3.8) is 0 Å². The van der Waals surface area contributed by atoms with Gasteiger partial charge in [-0.05, 0) is 37.4 Å². The van der Waals surface area contributed by atoms with Crippen LogP contribution in [0, 0.1) is 0 Å². The fourth-order valence-electron chi connectivity index (χ4n) is 3.08. The molecule has 1 aromatic heterocycles. The Morgan fingerprint density at radius 3 is 2.78 bits per heavy atom. The first-order chi connectivity index (χ1) is 10.9. The highest BCUT2D eigenvalue weighted by molar-refractivity contribution is 5.26. The van der Waals surface area contributed by atoms with Gasteiger partial charge in [-0.2, -0.15) is 18.3 Å². The minimum Gasteiger partial charge on any atom is -0.383 e. The lowest BCUT2D eigenvalue weighted by Crippen LogP contribution is -2.38. The Bertz CT molecular complexity index is 720. The summed E-state index contributed by atoms with van der Waals surface area (Å²) in [5.41, 5.74) is -0.250. The summed E-state index contributed by atoms with van der Waals surface area (Å²) >= 11 is 0. The molecule has 23 heavy (non-hydrogen) atoms. The average Bonchev–Trinajstić information content (AvgIpc) is 2.94. The Kier molecular flexibility index (Phi) is 4.30. The standard InChI is InChI=1S/C16H17F3N2O2/c17-16(18,19)12-3-1-2-10(6-12)7-13-8-11(4-5-20-13)14-9-15(22)21-23-14/h1-3,6,9,11,13,20H,4-5,7-8H2,(H,21,22)/t11-,13-/m0/s1. The van der Waals surface area contributed by atoms with Gasteiger partial charge in [0.1, 0.15) is 5.76 Å². The van der Waals surface area contributed by atoms with E-state index in [9.17, 15) is 18.0 Å². The Labute approximate surface area is 130 Å². The number of benzene rings is 1. The second-order valence-electron chi connectivity index (χ2n) is 5.89. The second-order valence-corrected chi connectivity index (χ2v) is 5.89. The molecule has 1 saturated heterocycles. The van der Waals surface area contributed by atoms with E-state index >= 15 is 0 Å². The summed E-state index contributed by atoms with van der Waals surface area (Å²) in [7, 11) is 0. The van der Waals surface area contributed by atoms with Gasteiger partial charge in [-0.3, -0.25) is 4.79 Å². The van der Waals surface area contributed by atoms with Crippen LogP contribution in [0.1, 0.15) is 35.6 Å². The van der Waals surface area contributed by atoms with Gasteiger partial charge in [0.15, 0.2) is 0 Å². The van der Waals surface area contributed by atoms with E-state index in [1.807, 2.05) is 0 Å². The molecule has 0 bridgehead atoms. The van der Waals surface area contributed by atoms with Gasteiger partial charge in [-0.15, -0.1) is 0 Å². The highest BCUT2D eigenvalue weighted by Gasteiger charge is 2.31. The molecule has 2 atom stereocenters. The van der Waals surface area contributed by atoms with Crippen molar-refractivity contribution in [3.8, 4) is 0 Å². The highest BCUT2D eigenvalue weighted by Crippen LogP contribution is 2.31. The maximum absolute atomic E-state index is 12.8. The predicted octanol–water partition coefficient (Wildman–Crippen LogP) is 3.07. The van der Waals surface area contributed by atoms with Gasteiger partial charge in [0.2, 0.25) is 0 Å². The van der Waals surface area contributed by atoms with Crippen molar-refractivity contribution in [1.29, 1.82) is 0 Å². The molecule has 1 aliphatic heterocycles. The number of hydrogen-bond donors (Lipinski definition) is 2. The van der Waals surface area contributed by atoms with Crippen molar-refractivity contribution in [2.75, 3.05) is 6.54 Å². The van der Waals surface area contributed by atoms with Crippen LogP contribution in [0.3, 0.4) is 0 Å². The lowest BCUT2D eigenvalue weighted by atomic mass is 9.87. The van der Waals surface area contributed by atoms with Gasteiger partial charge in [0.25, 0.3) is 5.56 Å². The molecule has 0 unspecified atom stereocenters. The van der Waals surface area contributed by atoms with E-state index in [0.717, 1.165) is 25.5 Å². The number of piperidine rings is 1. The molecule has 0 amide bonds. The quantitative estimate of drug-likeness (QED) is 0.911. The molecule has 2 N–H and O–H groups in total. The molecular formula is C16H17F3N2O2. The van der Waals surface area contributed by atoms with Crippen LogP contribution in [0.2, 0.25) is 0 Å². The number of alkyl halides is 3. The van der Waals surface area contributed by atoms with E-state index in [1.54, 1.807) is 6.07 Å². The van der Waals surface area contributed by atoms with Gasteiger partial charge in [0, 0.05) is 18.0 Å². The summed E-state index contributed by atoms with van der Waals surface area (Å²) in [5.74, 6) is 0.719. The third kappa shape index (κ3) is 3.85. The highest BCUT2D eigenvalue weighted by atomic mass is 19.4. The summed E-state index contributed by atoms with van der Waals surface area (Å²) in [6, 6.07) is 6.91.